The molecule has 5 nitrogen and oxygen atoms in total. The Morgan fingerprint density at radius 2 is 1.36 bits per heavy atom. The van der Waals surface area contributed by atoms with Gasteiger partial charge in [0.2, 0.25) is 0 Å². The molecule has 33 heavy (non-hydrogen) atoms. The number of likely N-dealkylation sites (N-methyl/N-ethyl adjacent to an activating group) is 1. The molecule has 0 saturated carbocycles. The van der Waals surface area contributed by atoms with Crippen LogP contribution < -0.4 is 5.32 Å². The summed E-state index contributed by atoms with van der Waals surface area (Å²) in [7, 11) is 0. The van der Waals surface area contributed by atoms with Crippen molar-refractivity contribution < 1.29 is 18.8 Å². The highest BCUT2D eigenvalue weighted by Gasteiger charge is 2.43. The second kappa shape index (κ2) is 10.9. The summed E-state index contributed by atoms with van der Waals surface area (Å²) < 4.78 is 6.28. The smallest absolute Gasteiger partial charge is 0.343 e. The average molecular weight is 446 g/mol. The number of benzene rings is 3. The van der Waals surface area contributed by atoms with Crippen molar-refractivity contribution in [1.82, 2.24) is 0 Å². The second-order valence-corrected chi connectivity index (χ2v) is 8.37. The van der Waals surface area contributed by atoms with E-state index < -0.39 is 12.2 Å². The zero-order valence-corrected chi connectivity index (χ0v) is 19.9. The Bertz CT molecular complexity index is 1060. The van der Waals surface area contributed by atoms with Gasteiger partial charge in [0.05, 0.1) is 18.7 Å². The molecule has 0 aliphatic heterocycles. The van der Waals surface area contributed by atoms with Crippen molar-refractivity contribution in [3.63, 3.8) is 0 Å². The lowest BCUT2D eigenvalue weighted by Crippen LogP contribution is -2.61. The van der Waals surface area contributed by atoms with E-state index >= 15 is 0 Å². The number of carbonyl (C=O) groups is 2. The molecular weight excluding hydrogens is 412 g/mol. The first kappa shape index (κ1) is 24.2. The summed E-state index contributed by atoms with van der Waals surface area (Å²) in [4.78, 5) is 26.8. The van der Waals surface area contributed by atoms with E-state index in [1.165, 1.54) is 0 Å². The van der Waals surface area contributed by atoms with Gasteiger partial charge in [-0.05, 0) is 51.0 Å². The number of hydrogen-bond acceptors (Lipinski definition) is 3. The van der Waals surface area contributed by atoms with Crippen LogP contribution in [0.2, 0.25) is 0 Å². The number of hydrogen-bond donors (Lipinski definition) is 1. The lowest BCUT2D eigenvalue weighted by atomic mass is 10.1. The van der Waals surface area contributed by atoms with Crippen molar-refractivity contribution in [3.05, 3.63) is 101 Å². The molecule has 0 saturated heterocycles. The maximum absolute atomic E-state index is 13.7. The van der Waals surface area contributed by atoms with Crippen LogP contribution in [0, 0.1) is 13.8 Å². The summed E-state index contributed by atoms with van der Waals surface area (Å²) in [6.07, 6.45) is -1.01. The molecule has 0 spiro atoms. The third-order valence-electron chi connectivity index (χ3n) is 6.28. The number of nitrogens with one attached hydrogen (secondary N) is 1. The Kier molecular flexibility index (Phi) is 8.01. The first-order chi connectivity index (χ1) is 15.9. The average Bonchev–Trinajstić information content (AvgIpc) is 2.84. The van der Waals surface area contributed by atoms with Gasteiger partial charge in [0.1, 0.15) is 6.54 Å². The van der Waals surface area contributed by atoms with Crippen LogP contribution in [0.15, 0.2) is 78.9 Å². The molecule has 0 aliphatic rings. The minimum absolute atomic E-state index is 0.291. The Balaban J connectivity index is 2.00. The number of carbonyl (C=O) groups excluding carboxylic acids is 2. The number of esters is 1. The molecule has 1 atom stereocenters. The maximum atomic E-state index is 13.7. The van der Waals surface area contributed by atoms with Gasteiger partial charge in [0.25, 0.3) is 0 Å². The highest BCUT2D eigenvalue weighted by Crippen LogP contribution is 2.25. The third-order valence-corrected chi connectivity index (χ3v) is 6.28. The van der Waals surface area contributed by atoms with E-state index in [9.17, 15) is 9.59 Å². The fourth-order valence-corrected chi connectivity index (χ4v) is 4.16. The summed E-state index contributed by atoms with van der Waals surface area (Å²) in [5.74, 6) is -0.828. The number of ether oxygens (including phenoxy) is 1. The fraction of sp³-hybridized carbons (Fsp3) is 0.286. The van der Waals surface area contributed by atoms with Crippen LogP contribution in [0.4, 0.5) is 5.69 Å². The summed E-state index contributed by atoms with van der Waals surface area (Å²) >= 11 is 0. The summed E-state index contributed by atoms with van der Waals surface area (Å²) in [6.45, 7) is 9.79. The van der Waals surface area contributed by atoms with Crippen molar-refractivity contribution in [1.29, 1.82) is 0 Å². The number of quaternary nitrogens is 1. The van der Waals surface area contributed by atoms with E-state index in [4.69, 9.17) is 4.74 Å². The monoisotopic (exact) mass is 445 g/mol. The van der Waals surface area contributed by atoms with E-state index in [-0.39, 0.29) is 5.91 Å². The van der Waals surface area contributed by atoms with Crippen LogP contribution in [-0.4, -0.2) is 35.7 Å². The number of aryl methyl sites for hydroxylation is 2. The Hall–Kier alpha value is -3.44. The third kappa shape index (κ3) is 5.68. The summed E-state index contributed by atoms with van der Waals surface area (Å²) in [6, 6.07) is 24.7. The molecule has 1 N–H and O–H groups in total. The number of para-hydroxylation sites is 1. The quantitative estimate of drug-likeness (QED) is 0.269. The van der Waals surface area contributed by atoms with Crippen LogP contribution in [0.5, 0.6) is 0 Å². The van der Waals surface area contributed by atoms with Gasteiger partial charge in [-0.25, -0.2) is 4.79 Å². The Labute approximate surface area is 196 Å². The number of anilines is 1. The summed E-state index contributed by atoms with van der Waals surface area (Å²) in [5, 5.41) is 3.06. The SMILES string of the molecule is CC[N+](CC)(Cc1ccccc1)C(OC(=O)c1ccccc1)C(=O)Nc1c(C)cccc1C. The van der Waals surface area contributed by atoms with E-state index in [2.05, 4.69) is 5.32 Å². The molecule has 3 aromatic carbocycles. The van der Waals surface area contributed by atoms with Gasteiger partial charge in [0, 0.05) is 11.3 Å². The van der Waals surface area contributed by atoms with Crippen LogP contribution in [0.1, 0.15) is 40.9 Å². The van der Waals surface area contributed by atoms with Gasteiger partial charge in [-0.3, -0.25) is 9.28 Å². The molecule has 0 radical (unpaired) electrons. The van der Waals surface area contributed by atoms with Gasteiger partial charge < -0.3 is 10.1 Å². The second-order valence-electron chi connectivity index (χ2n) is 8.37. The van der Waals surface area contributed by atoms with Gasteiger partial charge >= 0.3 is 18.1 Å². The van der Waals surface area contributed by atoms with Crippen LogP contribution in [0.25, 0.3) is 0 Å². The molecule has 0 bridgehead atoms. The zero-order valence-electron chi connectivity index (χ0n) is 19.9. The lowest BCUT2D eigenvalue weighted by molar-refractivity contribution is -0.968. The number of rotatable bonds is 9. The molecule has 1 amide bonds. The normalized spacial score (nSPS) is 12.1. The molecule has 3 rings (SSSR count). The minimum Gasteiger partial charge on any atom is -0.399 e. The van der Waals surface area contributed by atoms with E-state index in [1.807, 2.05) is 82.3 Å². The van der Waals surface area contributed by atoms with E-state index in [0.29, 0.717) is 29.7 Å². The maximum Gasteiger partial charge on any atom is 0.343 e. The number of nitrogens with zero attached hydrogens (tertiary/aromatic N) is 1. The molecule has 0 aromatic heterocycles. The first-order valence-electron chi connectivity index (χ1n) is 11.4. The van der Waals surface area contributed by atoms with Crippen molar-refractivity contribution >= 4 is 17.6 Å². The highest BCUT2D eigenvalue weighted by molar-refractivity contribution is 5.97. The van der Waals surface area contributed by atoms with Gasteiger partial charge in [-0.2, -0.15) is 0 Å². The number of amides is 1. The molecule has 1 unspecified atom stereocenters. The van der Waals surface area contributed by atoms with Gasteiger partial charge in [-0.15, -0.1) is 0 Å². The van der Waals surface area contributed by atoms with Crippen LogP contribution in [0.3, 0.4) is 0 Å². The molecule has 0 aliphatic carbocycles. The van der Waals surface area contributed by atoms with Gasteiger partial charge in [-0.1, -0.05) is 66.7 Å². The minimum atomic E-state index is -1.01. The zero-order chi connectivity index (χ0) is 23.8. The molecule has 3 aromatic rings. The van der Waals surface area contributed by atoms with E-state index in [1.54, 1.807) is 24.3 Å². The molecule has 0 heterocycles. The van der Waals surface area contributed by atoms with Gasteiger partial charge in [0.15, 0.2) is 0 Å². The molecular formula is C28H33N2O3+. The Morgan fingerprint density at radius 1 is 0.818 bits per heavy atom. The molecule has 172 valence electrons. The van der Waals surface area contributed by atoms with Crippen molar-refractivity contribution in [2.24, 2.45) is 0 Å². The van der Waals surface area contributed by atoms with Crippen LogP contribution >= 0.6 is 0 Å². The topological polar surface area (TPSA) is 55.4 Å². The lowest BCUT2D eigenvalue weighted by Gasteiger charge is -2.41. The largest absolute Gasteiger partial charge is 0.399 e. The fourth-order valence-electron chi connectivity index (χ4n) is 4.16. The van der Waals surface area contributed by atoms with Crippen molar-refractivity contribution in [2.75, 3.05) is 18.4 Å². The van der Waals surface area contributed by atoms with Crippen molar-refractivity contribution in [2.45, 2.75) is 40.5 Å². The molecule has 0 fully saturated rings. The predicted octanol–water partition coefficient (Wildman–Crippen LogP) is 5.48. The Morgan fingerprint density at radius 3 is 1.91 bits per heavy atom. The van der Waals surface area contributed by atoms with Crippen LogP contribution in [-0.2, 0) is 16.1 Å². The summed E-state index contributed by atoms with van der Waals surface area (Å²) in [5.41, 5.74) is 4.19. The van der Waals surface area contributed by atoms with E-state index in [0.717, 1.165) is 22.4 Å². The van der Waals surface area contributed by atoms with Crippen molar-refractivity contribution in [3.8, 4) is 0 Å². The highest BCUT2D eigenvalue weighted by atomic mass is 16.6. The standard InChI is InChI=1S/C28H32N2O3/c1-5-30(6-2,20-23-16-9-7-10-17-23)27(33-28(32)24-18-11-8-12-19-24)26(31)29-25-21(3)14-13-15-22(25)4/h7-19,27H,5-6,20H2,1-4H3/p+1. The molecule has 5 heteroatoms. The predicted molar refractivity (Wildman–Crippen MR) is 132 cm³/mol. The first-order valence-corrected chi connectivity index (χ1v) is 11.4.